The molecule has 8 saturated carbocycles. The highest BCUT2D eigenvalue weighted by atomic mass is 16.4. The molecule has 0 aromatic carbocycles. The summed E-state index contributed by atoms with van der Waals surface area (Å²) < 4.78 is 3.07. The molecule has 12 heteroatoms. The summed E-state index contributed by atoms with van der Waals surface area (Å²) in [6, 6.07) is 0. The first-order valence-electron chi connectivity index (χ1n) is 25.2. The van der Waals surface area contributed by atoms with Gasteiger partial charge in [-0.05, 0) is 198 Å². The maximum Gasteiger partial charge on any atom is 0.338 e. The largest absolute Gasteiger partial charge is 0.478 e. The fourth-order valence-corrected chi connectivity index (χ4v) is 17.6. The number of carboxylic acid groups (broad SMARTS) is 1. The fraction of sp³-hybridized carbons (Fsp3) is 0.811. The van der Waals surface area contributed by atoms with Crippen molar-refractivity contribution in [3.05, 3.63) is 35.9 Å². The molecule has 8 fully saturated rings. The molecule has 65 heavy (non-hydrogen) atoms. The second kappa shape index (κ2) is 17.0. The summed E-state index contributed by atoms with van der Waals surface area (Å²) in [7, 11) is 0. The molecule has 0 aliphatic heterocycles. The number of hydrogen-bond acceptors (Lipinski definition) is 8. The number of Topliss-reactive ketones (excluding diaryl/α,β-unsaturated/α-hetero) is 2. The number of aliphatic hydroxyl groups is 2. The summed E-state index contributed by atoms with van der Waals surface area (Å²) in [6.07, 6.45) is 25.6. The van der Waals surface area contributed by atoms with E-state index in [1.807, 2.05) is 13.8 Å². The average Bonchev–Trinajstić information content (AvgIpc) is 4.04. The summed E-state index contributed by atoms with van der Waals surface area (Å²) in [6.45, 7) is 14.2. The van der Waals surface area contributed by atoms with E-state index in [-0.39, 0.29) is 60.3 Å². The van der Waals surface area contributed by atoms with Crippen LogP contribution < -0.4 is 5.73 Å². The number of primary amides is 1. The molecule has 0 bridgehead atoms. The van der Waals surface area contributed by atoms with Crippen LogP contribution in [0.1, 0.15) is 185 Å². The van der Waals surface area contributed by atoms with Crippen LogP contribution in [-0.4, -0.2) is 69.5 Å². The Morgan fingerprint density at radius 3 is 1.35 bits per heavy atom. The van der Waals surface area contributed by atoms with Crippen LogP contribution in [0.2, 0.25) is 0 Å². The lowest BCUT2D eigenvalue weighted by atomic mass is 9.44. The minimum atomic E-state index is -1.01. The van der Waals surface area contributed by atoms with Crippen LogP contribution in [-0.2, 0) is 22.7 Å². The molecule has 360 valence electrons. The van der Waals surface area contributed by atoms with E-state index in [0.717, 1.165) is 83.0 Å². The molecule has 0 unspecified atom stereocenters. The average molecular weight is 900 g/mol. The third-order valence-electron chi connectivity index (χ3n) is 21.1. The molecule has 5 N–H and O–H groups in total. The van der Waals surface area contributed by atoms with E-state index in [9.17, 15) is 29.4 Å². The summed E-state index contributed by atoms with van der Waals surface area (Å²) in [5, 5.41) is 38.8. The first-order valence-corrected chi connectivity index (χ1v) is 25.2. The SMILES string of the molecule is C.C[C@@]1(O)CC[C@@]2(C)[C@H](CC[C@@H]3[C@@H]2CC[C@]2(C)[C@@H](C(=O)Cn4cc(C(=O)O)cn4)CC[C@@H]32)C1.C[C@@]1(O)CC[C@@]2(C)[C@H](CC[C@@H]3[C@@H]2CC[C@]2(C)[C@@H](C(=O)Cn4cc(C(N)=O)cn4)CC[C@@H]32)C1. The minimum absolute atomic E-state index is 0. The van der Waals surface area contributed by atoms with Gasteiger partial charge in [0, 0.05) is 24.2 Å². The molecule has 8 aliphatic rings. The molecule has 16 atom stereocenters. The maximum absolute atomic E-state index is 13.4. The Kier molecular flexibility index (Phi) is 12.6. The number of aromatic carboxylic acids is 1. The summed E-state index contributed by atoms with van der Waals surface area (Å²) >= 11 is 0. The van der Waals surface area contributed by atoms with Gasteiger partial charge in [-0.2, -0.15) is 10.2 Å². The highest BCUT2D eigenvalue weighted by Gasteiger charge is 2.63. The van der Waals surface area contributed by atoms with Crippen molar-refractivity contribution in [2.45, 2.75) is 189 Å². The van der Waals surface area contributed by atoms with Gasteiger partial charge in [0.15, 0.2) is 11.6 Å². The number of carbonyl (C=O) groups excluding carboxylic acids is 3. The van der Waals surface area contributed by atoms with Crippen LogP contribution in [0.5, 0.6) is 0 Å². The Bertz CT molecular complexity index is 1990. The molecule has 0 saturated heterocycles. The van der Waals surface area contributed by atoms with E-state index in [0.29, 0.717) is 57.8 Å². The summed E-state index contributed by atoms with van der Waals surface area (Å²) in [5.41, 5.74) is 5.61. The molecular weight excluding hydrogens is 819 g/mol. The highest BCUT2D eigenvalue weighted by molar-refractivity contribution is 5.92. The van der Waals surface area contributed by atoms with Crippen molar-refractivity contribution in [3.63, 3.8) is 0 Å². The molecule has 0 radical (unpaired) electrons. The van der Waals surface area contributed by atoms with Gasteiger partial charge in [0.05, 0.1) is 47.8 Å². The van der Waals surface area contributed by atoms with Crippen molar-refractivity contribution in [1.82, 2.24) is 19.6 Å². The highest BCUT2D eigenvalue weighted by Crippen LogP contribution is 2.70. The van der Waals surface area contributed by atoms with Gasteiger partial charge >= 0.3 is 5.97 Å². The molecule has 2 aromatic rings. The number of hydrogen-bond donors (Lipinski definition) is 4. The lowest BCUT2D eigenvalue weighted by Crippen LogP contribution is -2.55. The van der Waals surface area contributed by atoms with Gasteiger partial charge in [0.1, 0.15) is 0 Å². The Morgan fingerprint density at radius 2 is 0.969 bits per heavy atom. The van der Waals surface area contributed by atoms with Crippen molar-refractivity contribution in [2.75, 3.05) is 0 Å². The zero-order valence-electron chi connectivity index (χ0n) is 39.6. The van der Waals surface area contributed by atoms with Crippen molar-refractivity contribution in [3.8, 4) is 0 Å². The smallest absolute Gasteiger partial charge is 0.338 e. The maximum atomic E-state index is 13.4. The predicted octanol–water partition coefficient (Wildman–Crippen LogP) is 9.16. The quantitative estimate of drug-likeness (QED) is 0.200. The fourth-order valence-electron chi connectivity index (χ4n) is 17.6. The topological polar surface area (TPSA) is 191 Å². The normalized spacial score (nSPS) is 44.9. The number of fused-ring (bicyclic) bond motifs is 10. The number of carbonyl (C=O) groups is 4. The van der Waals surface area contributed by atoms with Crippen molar-refractivity contribution in [1.29, 1.82) is 0 Å². The monoisotopic (exact) mass is 900 g/mol. The second-order valence-corrected chi connectivity index (χ2v) is 24.5. The lowest BCUT2D eigenvalue weighted by Gasteiger charge is -2.61. The molecule has 2 aromatic heterocycles. The van der Waals surface area contributed by atoms with E-state index in [1.54, 1.807) is 10.9 Å². The van der Waals surface area contributed by atoms with Gasteiger partial charge in [-0.1, -0.05) is 35.1 Å². The number of nitrogens with two attached hydrogens (primary N) is 1. The van der Waals surface area contributed by atoms with E-state index in [1.165, 1.54) is 61.8 Å². The number of carboxylic acids is 1. The minimum Gasteiger partial charge on any atom is -0.478 e. The van der Waals surface area contributed by atoms with Crippen molar-refractivity contribution < 1.29 is 34.5 Å². The van der Waals surface area contributed by atoms with Crippen molar-refractivity contribution >= 4 is 23.4 Å². The number of nitrogens with zero attached hydrogens (tertiary/aromatic N) is 4. The van der Waals surface area contributed by atoms with Gasteiger partial charge < -0.3 is 21.1 Å². The number of amides is 1. The van der Waals surface area contributed by atoms with E-state index in [4.69, 9.17) is 10.8 Å². The van der Waals surface area contributed by atoms with Crippen LogP contribution in [0.25, 0.3) is 0 Å². The molecule has 0 spiro atoms. The lowest BCUT2D eigenvalue weighted by molar-refractivity contribution is -0.151. The second-order valence-electron chi connectivity index (χ2n) is 24.5. The Labute approximate surface area is 387 Å². The zero-order chi connectivity index (χ0) is 45.8. The van der Waals surface area contributed by atoms with E-state index >= 15 is 0 Å². The number of rotatable bonds is 8. The Hall–Kier alpha value is -3.38. The van der Waals surface area contributed by atoms with Gasteiger partial charge in [0.25, 0.3) is 5.91 Å². The molecule has 1 amide bonds. The van der Waals surface area contributed by atoms with Crippen LogP contribution >= 0.6 is 0 Å². The zero-order valence-corrected chi connectivity index (χ0v) is 39.6. The molecule has 12 nitrogen and oxygen atoms in total. The molecule has 10 rings (SSSR count). The van der Waals surface area contributed by atoms with E-state index < -0.39 is 23.1 Å². The third-order valence-corrected chi connectivity index (χ3v) is 21.1. The molecule has 2 heterocycles. The van der Waals surface area contributed by atoms with Gasteiger partial charge in [-0.3, -0.25) is 23.7 Å². The molecule has 8 aliphatic carbocycles. The van der Waals surface area contributed by atoms with E-state index in [2.05, 4.69) is 37.9 Å². The van der Waals surface area contributed by atoms with Crippen LogP contribution in [0.3, 0.4) is 0 Å². The first-order chi connectivity index (χ1) is 30.1. The predicted molar refractivity (Wildman–Crippen MR) is 248 cm³/mol. The Balaban J connectivity index is 0.000000175. The van der Waals surface area contributed by atoms with Crippen LogP contribution in [0.15, 0.2) is 24.8 Å². The molecular formula is C53H81N5O7. The summed E-state index contributed by atoms with van der Waals surface area (Å²) in [4.78, 5) is 49.2. The van der Waals surface area contributed by atoms with Gasteiger partial charge in [-0.25, -0.2) is 4.79 Å². The van der Waals surface area contributed by atoms with Crippen LogP contribution in [0, 0.1) is 80.8 Å². The number of ketones is 2. The van der Waals surface area contributed by atoms with Gasteiger partial charge in [-0.15, -0.1) is 0 Å². The summed E-state index contributed by atoms with van der Waals surface area (Å²) in [5.74, 6) is 4.39. The van der Waals surface area contributed by atoms with Crippen LogP contribution in [0.4, 0.5) is 0 Å². The standard InChI is InChI=1S/C26H39N3O3.C26H38N2O4.CH4/c1-24(32)10-11-25(2)17(12-24)4-5-18-19-6-7-21(26(19,3)9-8-20(18)25)22(30)15-29-14-16(13-28-29)23(27)31;1-24(32)10-11-25(2)17(12-24)4-5-18-19-6-7-21(26(19,3)9-8-20(18)25)22(29)15-28-14-16(13-27-28)23(30)31;/h13-14,17-21,32H,4-12,15H2,1-3H3,(H2,27,31);13-14,17-21,32H,4-12,15H2,1-3H3,(H,30,31);1H4/t2*17-,18+,19+,20+,21-,24-,25+,26+;/m11./s1. The van der Waals surface area contributed by atoms with Gasteiger partial charge in [0.2, 0.25) is 0 Å². The first kappa shape index (κ1) is 48.1. The Morgan fingerprint density at radius 1 is 0.569 bits per heavy atom. The third kappa shape index (κ3) is 8.28. The number of aromatic nitrogens is 4. The van der Waals surface area contributed by atoms with Crippen molar-refractivity contribution in [2.24, 2.45) is 86.6 Å².